The van der Waals surface area contributed by atoms with Crippen molar-refractivity contribution in [2.45, 2.75) is 30.8 Å². The molecule has 2 heterocycles. The van der Waals surface area contributed by atoms with Gasteiger partial charge in [0.25, 0.3) is 5.91 Å². The smallest absolute Gasteiger partial charge is 0.272 e. The Labute approximate surface area is 139 Å². The summed E-state index contributed by atoms with van der Waals surface area (Å²) < 4.78 is 22.5. The van der Waals surface area contributed by atoms with E-state index in [2.05, 4.69) is 20.8 Å². The van der Waals surface area contributed by atoms with Gasteiger partial charge in [0.2, 0.25) is 10.0 Å². The molecule has 1 aliphatic heterocycles. The maximum atomic E-state index is 12.5. The molecule has 5 N–H and O–H groups in total. The Balaban J connectivity index is 1.73. The van der Waals surface area contributed by atoms with Crippen molar-refractivity contribution in [2.75, 3.05) is 6.54 Å². The molecule has 2 aromatic rings. The number of rotatable bonds is 4. The Morgan fingerprint density at radius 2 is 2.04 bits per heavy atom. The summed E-state index contributed by atoms with van der Waals surface area (Å²) in [4.78, 5) is 12.5. The molecule has 9 heteroatoms. The van der Waals surface area contributed by atoms with Crippen LogP contribution in [-0.4, -0.2) is 31.1 Å². The zero-order valence-electron chi connectivity index (χ0n) is 13.2. The second kappa shape index (κ2) is 6.34. The van der Waals surface area contributed by atoms with E-state index in [1.165, 1.54) is 12.1 Å². The summed E-state index contributed by atoms with van der Waals surface area (Å²) in [6.45, 7) is 3.30. The summed E-state index contributed by atoms with van der Waals surface area (Å²) in [7, 11) is -3.72. The summed E-state index contributed by atoms with van der Waals surface area (Å²) in [5.74, 6) is -0.265. The van der Waals surface area contributed by atoms with Crippen molar-refractivity contribution in [3.8, 4) is 0 Å². The number of hydrogen-bond acceptors (Lipinski definition) is 5. The molecule has 0 bridgehead atoms. The topological polar surface area (TPSA) is 130 Å². The monoisotopic (exact) mass is 349 g/mol. The SMILES string of the molecule is CC(NC(=O)c1n[nH]c2c1CNCC2)c1ccc(S(N)(=O)=O)cc1. The van der Waals surface area contributed by atoms with Crippen molar-refractivity contribution < 1.29 is 13.2 Å². The maximum Gasteiger partial charge on any atom is 0.272 e. The number of nitrogens with zero attached hydrogens (tertiary/aromatic N) is 1. The molecule has 0 radical (unpaired) electrons. The fourth-order valence-electron chi connectivity index (χ4n) is 2.71. The van der Waals surface area contributed by atoms with Gasteiger partial charge in [-0.1, -0.05) is 12.1 Å². The van der Waals surface area contributed by atoms with Crippen LogP contribution in [0.25, 0.3) is 0 Å². The highest BCUT2D eigenvalue weighted by Crippen LogP contribution is 2.18. The van der Waals surface area contributed by atoms with Crippen molar-refractivity contribution >= 4 is 15.9 Å². The largest absolute Gasteiger partial charge is 0.344 e. The molecule has 1 atom stereocenters. The Bertz CT molecular complexity index is 858. The fourth-order valence-corrected chi connectivity index (χ4v) is 3.22. The van der Waals surface area contributed by atoms with Crippen LogP contribution in [0.4, 0.5) is 0 Å². The second-order valence-corrected chi connectivity index (χ2v) is 7.33. The van der Waals surface area contributed by atoms with Crippen molar-refractivity contribution in [3.05, 3.63) is 46.8 Å². The number of nitrogens with one attached hydrogen (secondary N) is 3. The van der Waals surface area contributed by atoms with E-state index in [4.69, 9.17) is 5.14 Å². The number of aromatic amines is 1. The highest BCUT2D eigenvalue weighted by Gasteiger charge is 2.22. The van der Waals surface area contributed by atoms with Crippen molar-refractivity contribution in [1.29, 1.82) is 0 Å². The van der Waals surface area contributed by atoms with Gasteiger partial charge in [-0.25, -0.2) is 13.6 Å². The third-order valence-corrected chi connectivity index (χ3v) is 5.01. The van der Waals surface area contributed by atoms with Crippen LogP contribution >= 0.6 is 0 Å². The molecule has 0 spiro atoms. The number of aromatic nitrogens is 2. The summed E-state index contributed by atoms with van der Waals surface area (Å²) in [6.07, 6.45) is 0.820. The second-order valence-electron chi connectivity index (χ2n) is 5.77. The minimum absolute atomic E-state index is 0.0391. The Hall–Kier alpha value is -2.23. The van der Waals surface area contributed by atoms with Crippen LogP contribution in [0.5, 0.6) is 0 Å². The van der Waals surface area contributed by atoms with Gasteiger partial charge in [-0.15, -0.1) is 0 Å². The molecule has 8 nitrogen and oxygen atoms in total. The standard InChI is InChI=1S/C15H19N5O3S/c1-9(10-2-4-11(5-3-10)24(16,22)23)18-15(21)14-12-8-17-7-6-13(12)19-20-14/h2-5,9,17H,6-8H2,1H3,(H,18,21)(H,19,20)(H2,16,22,23). The summed E-state index contributed by atoms with van der Waals surface area (Å²) in [6, 6.07) is 5.82. The van der Waals surface area contributed by atoms with E-state index in [1.807, 2.05) is 6.92 Å². The van der Waals surface area contributed by atoms with Crippen LogP contribution in [0.1, 0.15) is 40.3 Å². The molecule has 1 aromatic carbocycles. The van der Waals surface area contributed by atoms with Gasteiger partial charge in [-0.05, 0) is 24.6 Å². The van der Waals surface area contributed by atoms with Crippen LogP contribution in [0.3, 0.4) is 0 Å². The van der Waals surface area contributed by atoms with E-state index in [-0.39, 0.29) is 16.8 Å². The predicted molar refractivity (Wildman–Crippen MR) is 87.7 cm³/mol. The van der Waals surface area contributed by atoms with Crippen LogP contribution in [0.2, 0.25) is 0 Å². The quantitative estimate of drug-likeness (QED) is 0.626. The first-order chi connectivity index (χ1) is 11.4. The van der Waals surface area contributed by atoms with Gasteiger partial charge in [0.1, 0.15) is 0 Å². The minimum Gasteiger partial charge on any atom is -0.344 e. The summed E-state index contributed by atoms with van der Waals surface area (Å²) in [5.41, 5.74) is 3.06. The van der Waals surface area contributed by atoms with Gasteiger partial charge in [0.15, 0.2) is 5.69 Å². The van der Waals surface area contributed by atoms with Gasteiger partial charge in [0.05, 0.1) is 10.9 Å². The summed E-state index contributed by atoms with van der Waals surface area (Å²) in [5, 5.41) is 18.2. The molecule has 0 saturated carbocycles. The van der Waals surface area contributed by atoms with Crippen molar-refractivity contribution in [3.63, 3.8) is 0 Å². The Morgan fingerprint density at radius 3 is 2.71 bits per heavy atom. The number of nitrogens with two attached hydrogens (primary N) is 1. The molecule has 0 aliphatic carbocycles. The number of carbonyl (C=O) groups excluding carboxylic acids is 1. The third kappa shape index (κ3) is 3.32. The zero-order valence-corrected chi connectivity index (χ0v) is 14.0. The van der Waals surface area contributed by atoms with E-state index >= 15 is 0 Å². The van der Waals surface area contributed by atoms with E-state index in [1.54, 1.807) is 12.1 Å². The highest BCUT2D eigenvalue weighted by molar-refractivity contribution is 7.89. The van der Waals surface area contributed by atoms with Crippen LogP contribution < -0.4 is 15.8 Å². The fraction of sp³-hybridized carbons (Fsp3) is 0.333. The maximum absolute atomic E-state index is 12.5. The van der Waals surface area contributed by atoms with Gasteiger partial charge in [-0.2, -0.15) is 5.10 Å². The Morgan fingerprint density at radius 1 is 1.33 bits per heavy atom. The van der Waals surface area contributed by atoms with E-state index in [0.717, 1.165) is 29.8 Å². The number of H-pyrrole nitrogens is 1. The molecular weight excluding hydrogens is 330 g/mol. The first-order valence-corrected chi connectivity index (χ1v) is 9.11. The third-order valence-electron chi connectivity index (χ3n) is 4.08. The van der Waals surface area contributed by atoms with E-state index < -0.39 is 10.0 Å². The molecule has 3 rings (SSSR count). The predicted octanol–water partition coefficient (Wildman–Crippen LogP) is 0.194. The first-order valence-electron chi connectivity index (χ1n) is 7.56. The molecular formula is C15H19N5O3S. The lowest BCUT2D eigenvalue weighted by Crippen LogP contribution is -2.30. The molecule has 1 aliphatic rings. The van der Waals surface area contributed by atoms with Gasteiger partial charge in [-0.3, -0.25) is 9.89 Å². The molecule has 128 valence electrons. The zero-order chi connectivity index (χ0) is 17.3. The number of hydrogen-bond donors (Lipinski definition) is 4. The number of fused-ring (bicyclic) bond motifs is 1. The lowest BCUT2D eigenvalue weighted by Gasteiger charge is -2.16. The van der Waals surface area contributed by atoms with Gasteiger partial charge >= 0.3 is 0 Å². The highest BCUT2D eigenvalue weighted by atomic mass is 32.2. The van der Waals surface area contributed by atoms with Gasteiger partial charge in [0, 0.05) is 30.8 Å². The number of amides is 1. The van der Waals surface area contributed by atoms with E-state index in [9.17, 15) is 13.2 Å². The summed E-state index contributed by atoms with van der Waals surface area (Å²) >= 11 is 0. The molecule has 24 heavy (non-hydrogen) atoms. The van der Waals surface area contributed by atoms with Crippen molar-refractivity contribution in [1.82, 2.24) is 20.8 Å². The van der Waals surface area contributed by atoms with Crippen LogP contribution in [0, 0.1) is 0 Å². The Kier molecular flexibility index (Phi) is 4.39. The molecule has 1 amide bonds. The lowest BCUT2D eigenvalue weighted by molar-refractivity contribution is 0.0933. The van der Waals surface area contributed by atoms with Crippen molar-refractivity contribution in [2.24, 2.45) is 5.14 Å². The number of benzene rings is 1. The van der Waals surface area contributed by atoms with E-state index in [0.29, 0.717) is 12.2 Å². The minimum atomic E-state index is -3.72. The number of carbonyl (C=O) groups is 1. The average molecular weight is 349 g/mol. The molecule has 1 aromatic heterocycles. The molecule has 0 fully saturated rings. The normalized spacial score (nSPS) is 15.6. The first kappa shape index (κ1) is 16.6. The van der Waals surface area contributed by atoms with Gasteiger partial charge < -0.3 is 10.6 Å². The molecule has 0 saturated heterocycles. The van der Waals surface area contributed by atoms with Crippen LogP contribution in [-0.2, 0) is 23.0 Å². The molecule has 1 unspecified atom stereocenters. The average Bonchev–Trinajstić information content (AvgIpc) is 2.98. The van der Waals surface area contributed by atoms with Crippen LogP contribution in [0.15, 0.2) is 29.2 Å². The number of primary sulfonamides is 1. The number of sulfonamides is 1. The lowest BCUT2D eigenvalue weighted by atomic mass is 10.1.